The lowest BCUT2D eigenvalue weighted by Crippen LogP contribution is -2.34. The van der Waals surface area contributed by atoms with E-state index in [0.717, 1.165) is 4.90 Å². The molecular formula is C12H13ClF2N2O3. The van der Waals surface area contributed by atoms with Crippen molar-refractivity contribution in [3.05, 3.63) is 39.4 Å². The van der Waals surface area contributed by atoms with Crippen LogP contribution in [-0.4, -0.2) is 34.7 Å². The molecule has 1 aromatic rings. The Balaban J connectivity index is 3.26. The van der Waals surface area contributed by atoms with E-state index in [9.17, 15) is 23.7 Å². The van der Waals surface area contributed by atoms with Crippen LogP contribution in [0.2, 0.25) is 0 Å². The number of halogens is 3. The SMILES string of the molecule is CCCN(CCCl)C(=O)c1c(F)ccc([N+](=O)[O-])c1F. The van der Waals surface area contributed by atoms with Gasteiger partial charge in [0.1, 0.15) is 11.4 Å². The maximum absolute atomic E-state index is 13.9. The number of benzene rings is 1. The summed E-state index contributed by atoms with van der Waals surface area (Å²) < 4.78 is 27.6. The average molecular weight is 307 g/mol. The molecule has 0 aliphatic heterocycles. The third-order valence-corrected chi connectivity index (χ3v) is 2.79. The van der Waals surface area contributed by atoms with E-state index in [1.165, 1.54) is 0 Å². The standard InChI is InChI=1S/C12H13ClF2N2O3/c1-2-6-16(7-5-13)12(18)10-8(14)3-4-9(11(10)15)17(19)20/h3-4H,2,5-7H2,1H3. The summed E-state index contributed by atoms with van der Waals surface area (Å²) in [5, 5.41) is 10.6. The molecule has 0 fully saturated rings. The number of alkyl halides is 1. The lowest BCUT2D eigenvalue weighted by atomic mass is 10.1. The van der Waals surface area contributed by atoms with E-state index in [4.69, 9.17) is 11.6 Å². The Labute approximate surface area is 119 Å². The monoisotopic (exact) mass is 306 g/mol. The Morgan fingerprint density at radius 3 is 2.55 bits per heavy atom. The van der Waals surface area contributed by atoms with Crippen molar-refractivity contribution in [3.63, 3.8) is 0 Å². The molecule has 0 radical (unpaired) electrons. The number of rotatable bonds is 6. The minimum absolute atomic E-state index is 0.101. The molecule has 8 heteroatoms. The molecule has 1 amide bonds. The highest BCUT2D eigenvalue weighted by molar-refractivity contribution is 6.18. The Hall–Kier alpha value is -1.76. The molecule has 20 heavy (non-hydrogen) atoms. The normalized spacial score (nSPS) is 10.4. The highest BCUT2D eigenvalue weighted by atomic mass is 35.5. The van der Waals surface area contributed by atoms with Crippen molar-refractivity contribution < 1.29 is 18.5 Å². The molecule has 0 atom stereocenters. The van der Waals surface area contributed by atoms with E-state index in [2.05, 4.69) is 0 Å². The van der Waals surface area contributed by atoms with Crippen LogP contribution < -0.4 is 0 Å². The van der Waals surface area contributed by atoms with Gasteiger partial charge in [0.15, 0.2) is 0 Å². The number of nitro benzene ring substituents is 1. The summed E-state index contributed by atoms with van der Waals surface area (Å²) in [4.78, 5) is 22.9. The number of amides is 1. The summed E-state index contributed by atoms with van der Waals surface area (Å²) in [6.07, 6.45) is 0.570. The first-order valence-corrected chi connectivity index (χ1v) is 6.45. The first-order valence-electron chi connectivity index (χ1n) is 5.91. The van der Waals surface area contributed by atoms with Crippen molar-refractivity contribution in [2.24, 2.45) is 0 Å². The molecule has 0 saturated heterocycles. The molecule has 0 heterocycles. The molecular weight excluding hydrogens is 294 g/mol. The van der Waals surface area contributed by atoms with Gasteiger partial charge in [-0.2, -0.15) is 4.39 Å². The Morgan fingerprint density at radius 1 is 1.40 bits per heavy atom. The van der Waals surface area contributed by atoms with E-state index in [1.807, 2.05) is 0 Å². The van der Waals surface area contributed by atoms with Crippen LogP contribution in [-0.2, 0) is 0 Å². The van der Waals surface area contributed by atoms with Crippen LogP contribution in [0.1, 0.15) is 23.7 Å². The van der Waals surface area contributed by atoms with E-state index in [1.54, 1.807) is 6.92 Å². The van der Waals surface area contributed by atoms with Gasteiger partial charge in [0.25, 0.3) is 5.91 Å². The highest BCUT2D eigenvalue weighted by Crippen LogP contribution is 2.24. The van der Waals surface area contributed by atoms with E-state index < -0.39 is 33.7 Å². The Bertz CT molecular complexity index is 520. The first-order chi connectivity index (χ1) is 9.43. The third-order valence-electron chi connectivity index (χ3n) is 2.62. The molecule has 0 unspecified atom stereocenters. The van der Waals surface area contributed by atoms with Crippen molar-refractivity contribution in [2.75, 3.05) is 19.0 Å². The van der Waals surface area contributed by atoms with E-state index >= 15 is 0 Å². The van der Waals surface area contributed by atoms with Crippen LogP contribution in [0.4, 0.5) is 14.5 Å². The summed E-state index contributed by atoms with van der Waals surface area (Å²) in [6.45, 7) is 2.15. The molecule has 0 bridgehead atoms. The molecule has 0 aromatic heterocycles. The number of carbonyl (C=O) groups is 1. The van der Waals surface area contributed by atoms with Gasteiger partial charge in [0.05, 0.1) is 4.92 Å². The van der Waals surface area contributed by atoms with Crippen molar-refractivity contribution in [1.82, 2.24) is 4.90 Å². The van der Waals surface area contributed by atoms with Crippen LogP contribution in [0.25, 0.3) is 0 Å². The van der Waals surface area contributed by atoms with Gasteiger partial charge in [0, 0.05) is 25.0 Å². The topological polar surface area (TPSA) is 63.5 Å². The summed E-state index contributed by atoms with van der Waals surface area (Å²) >= 11 is 5.54. The Kier molecular flexibility index (Phi) is 5.82. The zero-order chi connectivity index (χ0) is 15.3. The van der Waals surface area contributed by atoms with Gasteiger partial charge in [-0.05, 0) is 12.5 Å². The van der Waals surface area contributed by atoms with E-state index in [0.29, 0.717) is 18.6 Å². The second kappa shape index (κ2) is 7.14. The summed E-state index contributed by atoms with van der Waals surface area (Å²) in [5.74, 6) is -3.43. The largest absolute Gasteiger partial charge is 0.337 e. The first kappa shape index (κ1) is 16.3. The molecule has 0 aliphatic rings. The molecule has 1 aromatic carbocycles. The maximum Gasteiger partial charge on any atom is 0.305 e. The van der Waals surface area contributed by atoms with Gasteiger partial charge in [-0.3, -0.25) is 14.9 Å². The predicted octanol–water partition coefficient (Wildman–Crippen LogP) is 2.96. The van der Waals surface area contributed by atoms with Gasteiger partial charge in [-0.25, -0.2) is 4.39 Å². The lowest BCUT2D eigenvalue weighted by molar-refractivity contribution is -0.387. The van der Waals surface area contributed by atoms with Gasteiger partial charge in [-0.15, -0.1) is 11.6 Å². The third kappa shape index (κ3) is 3.41. The van der Waals surface area contributed by atoms with Crippen LogP contribution in [0, 0.1) is 21.7 Å². The minimum atomic E-state index is -1.46. The summed E-state index contributed by atoms with van der Waals surface area (Å²) in [7, 11) is 0. The summed E-state index contributed by atoms with van der Waals surface area (Å²) in [6, 6.07) is 1.40. The number of hydrogen-bond donors (Lipinski definition) is 0. The maximum atomic E-state index is 13.9. The minimum Gasteiger partial charge on any atom is -0.337 e. The zero-order valence-electron chi connectivity index (χ0n) is 10.7. The fourth-order valence-corrected chi connectivity index (χ4v) is 1.93. The van der Waals surface area contributed by atoms with Gasteiger partial charge < -0.3 is 4.90 Å². The second-order valence-electron chi connectivity index (χ2n) is 3.99. The van der Waals surface area contributed by atoms with Crippen molar-refractivity contribution in [1.29, 1.82) is 0 Å². The Morgan fingerprint density at radius 2 is 2.05 bits per heavy atom. The van der Waals surface area contributed by atoms with Crippen molar-refractivity contribution in [3.8, 4) is 0 Å². The van der Waals surface area contributed by atoms with Gasteiger partial charge in [0.2, 0.25) is 5.82 Å². The molecule has 5 nitrogen and oxygen atoms in total. The quantitative estimate of drug-likeness (QED) is 0.461. The van der Waals surface area contributed by atoms with Crippen LogP contribution in [0.15, 0.2) is 12.1 Å². The zero-order valence-corrected chi connectivity index (χ0v) is 11.5. The number of nitrogens with zero attached hydrogens (tertiary/aromatic N) is 2. The molecule has 1 rings (SSSR count). The predicted molar refractivity (Wildman–Crippen MR) is 69.9 cm³/mol. The van der Waals surface area contributed by atoms with Crippen molar-refractivity contribution >= 4 is 23.2 Å². The van der Waals surface area contributed by atoms with Crippen LogP contribution >= 0.6 is 11.6 Å². The lowest BCUT2D eigenvalue weighted by Gasteiger charge is -2.21. The summed E-state index contributed by atoms with van der Waals surface area (Å²) in [5.41, 5.74) is -1.85. The van der Waals surface area contributed by atoms with Crippen LogP contribution in [0.3, 0.4) is 0 Å². The van der Waals surface area contributed by atoms with Gasteiger partial charge in [-0.1, -0.05) is 6.92 Å². The highest BCUT2D eigenvalue weighted by Gasteiger charge is 2.28. The fraction of sp³-hybridized carbons (Fsp3) is 0.417. The molecule has 0 N–H and O–H groups in total. The van der Waals surface area contributed by atoms with Crippen LogP contribution in [0.5, 0.6) is 0 Å². The molecule has 0 saturated carbocycles. The number of nitro groups is 1. The van der Waals surface area contributed by atoms with E-state index in [-0.39, 0.29) is 19.0 Å². The molecule has 0 aliphatic carbocycles. The number of carbonyl (C=O) groups excluding carboxylic acids is 1. The van der Waals surface area contributed by atoms with Gasteiger partial charge >= 0.3 is 5.69 Å². The van der Waals surface area contributed by atoms with Crippen molar-refractivity contribution in [2.45, 2.75) is 13.3 Å². The smallest absolute Gasteiger partial charge is 0.305 e. The second-order valence-corrected chi connectivity index (χ2v) is 4.37. The number of hydrogen-bond acceptors (Lipinski definition) is 3. The average Bonchev–Trinajstić information content (AvgIpc) is 2.37. The molecule has 110 valence electrons. The fourth-order valence-electron chi connectivity index (χ4n) is 1.72. The molecule has 0 spiro atoms.